The number of benzene rings is 1. The Hall–Kier alpha value is -2.61. The fourth-order valence-electron chi connectivity index (χ4n) is 3.72. The third-order valence-corrected chi connectivity index (χ3v) is 5.49. The number of hydrogen-bond donors (Lipinski definition) is 1. The molecule has 1 amide bonds. The summed E-state index contributed by atoms with van der Waals surface area (Å²) in [4.78, 5) is 29.6. The maximum absolute atomic E-state index is 13.0. The summed E-state index contributed by atoms with van der Waals surface area (Å²) in [7, 11) is 0. The van der Waals surface area contributed by atoms with Crippen molar-refractivity contribution in [3.05, 3.63) is 70.3 Å². The Labute approximate surface area is 173 Å². The van der Waals surface area contributed by atoms with E-state index in [2.05, 4.69) is 4.90 Å². The fraction of sp³-hybridized carbons (Fsp3) is 0.333. The molecule has 4 rings (SSSR count). The van der Waals surface area contributed by atoms with Gasteiger partial charge in [0.1, 0.15) is 0 Å². The van der Waals surface area contributed by atoms with Crippen molar-refractivity contribution in [2.24, 2.45) is 0 Å². The highest BCUT2D eigenvalue weighted by atomic mass is 35.5. The summed E-state index contributed by atoms with van der Waals surface area (Å²) in [5.74, 6) is -1.52. The van der Waals surface area contributed by atoms with Gasteiger partial charge in [0.15, 0.2) is 11.5 Å². The van der Waals surface area contributed by atoms with Crippen LogP contribution in [-0.2, 0) is 9.53 Å². The Bertz CT molecular complexity index is 917. The van der Waals surface area contributed by atoms with E-state index in [1.165, 1.54) is 17.2 Å². The number of hydrogen-bond acceptors (Lipinski definition) is 6. The molecule has 0 spiro atoms. The number of aliphatic hydroxyl groups excluding tert-OH is 1. The minimum atomic E-state index is -0.710. The van der Waals surface area contributed by atoms with Gasteiger partial charge >= 0.3 is 0 Å². The number of halogens is 1. The van der Waals surface area contributed by atoms with E-state index in [1.54, 1.807) is 30.3 Å². The van der Waals surface area contributed by atoms with Gasteiger partial charge < -0.3 is 19.2 Å². The van der Waals surface area contributed by atoms with Gasteiger partial charge in [-0.2, -0.15) is 0 Å². The van der Waals surface area contributed by atoms with Gasteiger partial charge in [-0.25, -0.2) is 0 Å². The van der Waals surface area contributed by atoms with Gasteiger partial charge in [-0.3, -0.25) is 14.5 Å². The Kier molecular flexibility index (Phi) is 5.71. The molecule has 2 aromatic rings. The average Bonchev–Trinajstić information content (AvgIpc) is 3.36. The Balaban J connectivity index is 1.66. The van der Waals surface area contributed by atoms with Gasteiger partial charge in [-0.05, 0) is 29.8 Å². The van der Waals surface area contributed by atoms with Crippen LogP contribution in [0, 0.1) is 0 Å². The standard InChI is InChI=1S/C21H21ClN2O5/c22-15-5-3-14(4-6-15)18-17(19(25)16-2-1-11-29-16)20(26)21(27)24(18)8-7-23-9-12-28-13-10-23/h1-6,11,18,26H,7-10,12-13H2. The van der Waals surface area contributed by atoms with E-state index >= 15 is 0 Å². The number of carbonyl (C=O) groups excluding carboxylic acids is 2. The van der Waals surface area contributed by atoms with Gasteiger partial charge in [0.25, 0.3) is 5.91 Å². The second-order valence-electron chi connectivity index (χ2n) is 6.98. The maximum Gasteiger partial charge on any atom is 0.290 e. The first kappa shape index (κ1) is 19.7. The van der Waals surface area contributed by atoms with Gasteiger partial charge in [0.05, 0.1) is 31.1 Å². The zero-order valence-electron chi connectivity index (χ0n) is 15.7. The van der Waals surface area contributed by atoms with Crippen LogP contribution in [0.4, 0.5) is 0 Å². The van der Waals surface area contributed by atoms with E-state index in [9.17, 15) is 14.7 Å². The molecule has 1 fully saturated rings. The normalized spacial score (nSPS) is 20.5. The number of Topliss-reactive ketones (excluding diaryl/α,β-unsaturated/α-hetero) is 1. The highest BCUT2D eigenvalue weighted by molar-refractivity contribution is 6.30. The molecule has 1 aromatic carbocycles. The molecular formula is C21H21ClN2O5. The lowest BCUT2D eigenvalue weighted by molar-refractivity contribution is -0.129. The molecule has 0 radical (unpaired) electrons. The van der Waals surface area contributed by atoms with E-state index in [1.807, 2.05) is 0 Å². The van der Waals surface area contributed by atoms with Crippen molar-refractivity contribution in [3.8, 4) is 0 Å². The SMILES string of the molecule is O=C(C1=C(O)C(=O)N(CCN2CCOCC2)C1c1ccc(Cl)cc1)c1ccco1. The molecule has 0 saturated carbocycles. The molecule has 1 atom stereocenters. The predicted molar refractivity (Wildman–Crippen MR) is 106 cm³/mol. The van der Waals surface area contributed by atoms with E-state index in [4.69, 9.17) is 20.8 Å². The van der Waals surface area contributed by atoms with Crippen molar-refractivity contribution >= 4 is 23.3 Å². The largest absolute Gasteiger partial charge is 0.503 e. The first-order chi connectivity index (χ1) is 14.1. The van der Waals surface area contributed by atoms with Gasteiger partial charge in [0.2, 0.25) is 5.78 Å². The van der Waals surface area contributed by atoms with Crippen molar-refractivity contribution in [2.45, 2.75) is 6.04 Å². The summed E-state index contributed by atoms with van der Waals surface area (Å²) in [6.07, 6.45) is 1.38. The Morgan fingerprint density at radius 1 is 1.14 bits per heavy atom. The Morgan fingerprint density at radius 3 is 2.52 bits per heavy atom. The van der Waals surface area contributed by atoms with Crippen molar-refractivity contribution in [3.63, 3.8) is 0 Å². The first-order valence-corrected chi connectivity index (χ1v) is 9.82. The third kappa shape index (κ3) is 3.94. The van der Waals surface area contributed by atoms with Crippen molar-refractivity contribution in [1.29, 1.82) is 0 Å². The second-order valence-corrected chi connectivity index (χ2v) is 7.41. The molecule has 29 heavy (non-hydrogen) atoms. The van der Waals surface area contributed by atoms with Crippen LogP contribution < -0.4 is 0 Å². The second kappa shape index (κ2) is 8.41. The van der Waals surface area contributed by atoms with Crippen molar-refractivity contribution in [1.82, 2.24) is 9.80 Å². The summed E-state index contributed by atoms with van der Waals surface area (Å²) in [6.45, 7) is 3.86. The fourth-order valence-corrected chi connectivity index (χ4v) is 3.85. The zero-order chi connectivity index (χ0) is 20.4. The molecule has 2 aliphatic rings. The van der Waals surface area contributed by atoms with Gasteiger partial charge in [-0.15, -0.1) is 0 Å². The highest BCUT2D eigenvalue weighted by Crippen LogP contribution is 2.39. The number of carbonyl (C=O) groups is 2. The lowest BCUT2D eigenvalue weighted by atomic mass is 9.95. The maximum atomic E-state index is 13.0. The number of morpholine rings is 1. The predicted octanol–water partition coefficient (Wildman–Crippen LogP) is 2.84. The van der Waals surface area contributed by atoms with E-state index in [0.717, 1.165) is 13.1 Å². The molecule has 0 aliphatic carbocycles. The summed E-state index contributed by atoms with van der Waals surface area (Å²) in [5, 5.41) is 11.1. The van der Waals surface area contributed by atoms with Crippen LogP contribution in [-0.4, -0.2) is 66.0 Å². The van der Waals surface area contributed by atoms with Crippen LogP contribution in [0.15, 0.2) is 58.4 Å². The number of ether oxygens (including phenoxy) is 1. The summed E-state index contributed by atoms with van der Waals surface area (Å²) >= 11 is 6.01. The van der Waals surface area contributed by atoms with E-state index in [-0.39, 0.29) is 11.3 Å². The average molecular weight is 417 g/mol. The van der Waals surface area contributed by atoms with E-state index in [0.29, 0.717) is 36.9 Å². The minimum Gasteiger partial charge on any atom is -0.503 e. The van der Waals surface area contributed by atoms with Gasteiger partial charge in [0, 0.05) is 31.2 Å². The third-order valence-electron chi connectivity index (χ3n) is 5.24. The number of furan rings is 1. The number of ketones is 1. The molecule has 3 heterocycles. The number of amides is 1. The smallest absolute Gasteiger partial charge is 0.290 e. The lowest BCUT2D eigenvalue weighted by Crippen LogP contribution is -2.43. The number of nitrogens with zero attached hydrogens (tertiary/aromatic N) is 2. The zero-order valence-corrected chi connectivity index (χ0v) is 16.5. The summed E-state index contributed by atoms with van der Waals surface area (Å²) in [6, 6.07) is 9.32. The molecular weight excluding hydrogens is 396 g/mol. The molecule has 1 saturated heterocycles. The van der Waals surface area contributed by atoms with E-state index < -0.39 is 23.5 Å². The molecule has 1 aromatic heterocycles. The quantitative estimate of drug-likeness (QED) is 0.729. The van der Waals surface area contributed by atoms with Gasteiger partial charge in [-0.1, -0.05) is 23.7 Å². The summed E-state index contributed by atoms with van der Waals surface area (Å²) < 4.78 is 10.6. The molecule has 1 N–H and O–H groups in total. The molecule has 2 aliphatic heterocycles. The minimum absolute atomic E-state index is 0.0225. The molecule has 7 nitrogen and oxygen atoms in total. The van der Waals surface area contributed by atoms with Crippen LogP contribution in [0.5, 0.6) is 0 Å². The highest BCUT2D eigenvalue weighted by Gasteiger charge is 2.44. The van der Waals surface area contributed by atoms with Crippen molar-refractivity contribution in [2.75, 3.05) is 39.4 Å². The van der Waals surface area contributed by atoms with Crippen molar-refractivity contribution < 1.29 is 23.8 Å². The van der Waals surface area contributed by atoms with Crippen LogP contribution in [0.2, 0.25) is 5.02 Å². The molecule has 8 heteroatoms. The first-order valence-electron chi connectivity index (χ1n) is 9.44. The molecule has 0 bridgehead atoms. The lowest BCUT2D eigenvalue weighted by Gasteiger charge is -2.31. The number of rotatable bonds is 6. The molecule has 152 valence electrons. The van der Waals surface area contributed by atoms with Crippen LogP contribution >= 0.6 is 11.6 Å². The molecule has 1 unspecified atom stereocenters. The topological polar surface area (TPSA) is 83.2 Å². The Morgan fingerprint density at radius 2 is 1.86 bits per heavy atom. The van der Waals surface area contributed by atoms with Crippen LogP contribution in [0.1, 0.15) is 22.2 Å². The summed E-state index contributed by atoms with van der Waals surface area (Å²) in [5.41, 5.74) is 0.720. The number of aliphatic hydroxyl groups is 1. The van der Waals surface area contributed by atoms with Crippen LogP contribution in [0.25, 0.3) is 0 Å². The van der Waals surface area contributed by atoms with Crippen LogP contribution in [0.3, 0.4) is 0 Å². The monoisotopic (exact) mass is 416 g/mol.